The Kier molecular flexibility index (Phi) is 6.14. The SMILES string of the molecule is CC(C)NC(N)=NCCc1cc2ccccc2[nH]1.I. The predicted molar refractivity (Wildman–Crippen MR) is 92.2 cm³/mol. The van der Waals surface area contributed by atoms with Crippen LogP contribution in [0.25, 0.3) is 10.9 Å². The number of aromatic amines is 1. The van der Waals surface area contributed by atoms with Crippen molar-refractivity contribution in [1.29, 1.82) is 0 Å². The molecule has 0 unspecified atom stereocenters. The van der Waals surface area contributed by atoms with Gasteiger partial charge in [-0.1, -0.05) is 18.2 Å². The number of aromatic nitrogens is 1. The van der Waals surface area contributed by atoms with Gasteiger partial charge in [-0.2, -0.15) is 0 Å². The van der Waals surface area contributed by atoms with Gasteiger partial charge in [-0.15, -0.1) is 24.0 Å². The van der Waals surface area contributed by atoms with Crippen LogP contribution in [0.4, 0.5) is 0 Å². The van der Waals surface area contributed by atoms with Crippen LogP contribution in [0.1, 0.15) is 19.5 Å². The first-order valence-electron chi connectivity index (χ1n) is 6.28. The van der Waals surface area contributed by atoms with Gasteiger partial charge in [0.2, 0.25) is 0 Å². The van der Waals surface area contributed by atoms with Crippen molar-refractivity contribution in [3.8, 4) is 0 Å². The summed E-state index contributed by atoms with van der Waals surface area (Å²) in [5.74, 6) is 0.515. The molecule has 0 saturated carbocycles. The van der Waals surface area contributed by atoms with E-state index in [1.807, 2.05) is 26.0 Å². The van der Waals surface area contributed by atoms with Gasteiger partial charge in [-0.3, -0.25) is 4.99 Å². The second-order valence-electron chi connectivity index (χ2n) is 4.70. The highest BCUT2D eigenvalue weighted by Crippen LogP contribution is 2.14. The zero-order valence-corrected chi connectivity index (χ0v) is 13.6. The lowest BCUT2D eigenvalue weighted by atomic mass is 10.2. The molecule has 0 bridgehead atoms. The summed E-state index contributed by atoms with van der Waals surface area (Å²) >= 11 is 0. The number of hydrogen-bond donors (Lipinski definition) is 3. The van der Waals surface area contributed by atoms with Gasteiger partial charge >= 0.3 is 0 Å². The fourth-order valence-electron chi connectivity index (χ4n) is 1.91. The molecule has 2 rings (SSSR count). The molecule has 0 fully saturated rings. The van der Waals surface area contributed by atoms with Crippen LogP contribution in [-0.4, -0.2) is 23.5 Å². The van der Waals surface area contributed by atoms with Crippen molar-refractivity contribution in [1.82, 2.24) is 10.3 Å². The molecule has 1 aromatic carbocycles. The van der Waals surface area contributed by atoms with Gasteiger partial charge in [0.15, 0.2) is 5.96 Å². The first-order chi connectivity index (χ1) is 8.65. The van der Waals surface area contributed by atoms with Crippen LogP contribution in [0.3, 0.4) is 0 Å². The minimum Gasteiger partial charge on any atom is -0.370 e. The Morgan fingerprint density at radius 3 is 2.79 bits per heavy atom. The van der Waals surface area contributed by atoms with Gasteiger partial charge in [0, 0.05) is 30.2 Å². The summed E-state index contributed by atoms with van der Waals surface area (Å²) in [6.45, 7) is 4.78. The van der Waals surface area contributed by atoms with E-state index in [4.69, 9.17) is 5.73 Å². The number of guanidine groups is 1. The first-order valence-corrected chi connectivity index (χ1v) is 6.28. The molecular formula is C14H21IN4. The summed E-state index contributed by atoms with van der Waals surface area (Å²) in [4.78, 5) is 7.67. The molecule has 0 amide bonds. The lowest BCUT2D eigenvalue weighted by molar-refractivity contribution is 0.723. The fourth-order valence-corrected chi connectivity index (χ4v) is 1.91. The number of H-pyrrole nitrogens is 1. The maximum absolute atomic E-state index is 5.74. The van der Waals surface area contributed by atoms with Gasteiger partial charge in [-0.25, -0.2) is 0 Å². The molecule has 1 aromatic heterocycles. The molecule has 0 atom stereocenters. The topological polar surface area (TPSA) is 66.2 Å². The maximum atomic E-state index is 5.74. The van der Waals surface area contributed by atoms with Crippen LogP contribution in [0.5, 0.6) is 0 Å². The highest BCUT2D eigenvalue weighted by molar-refractivity contribution is 14.0. The predicted octanol–water partition coefficient (Wildman–Crippen LogP) is 2.64. The van der Waals surface area contributed by atoms with Crippen molar-refractivity contribution >= 4 is 40.8 Å². The van der Waals surface area contributed by atoms with Gasteiger partial charge < -0.3 is 16.0 Å². The average molecular weight is 372 g/mol. The molecule has 4 nitrogen and oxygen atoms in total. The summed E-state index contributed by atoms with van der Waals surface area (Å²) in [7, 11) is 0. The summed E-state index contributed by atoms with van der Waals surface area (Å²) < 4.78 is 0. The molecule has 0 aliphatic carbocycles. The van der Waals surface area contributed by atoms with Crippen molar-refractivity contribution < 1.29 is 0 Å². The normalized spacial score (nSPS) is 11.6. The Morgan fingerprint density at radius 1 is 1.37 bits per heavy atom. The maximum Gasteiger partial charge on any atom is 0.188 e. The molecule has 0 spiro atoms. The van der Waals surface area contributed by atoms with E-state index in [1.165, 1.54) is 16.6 Å². The number of nitrogens with zero attached hydrogens (tertiary/aromatic N) is 1. The highest BCUT2D eigenvalue weighted by atomic mass is 127. The van der Waals surface area contributed by atoms with Gasteiger partial charge in [0.1, 0.15) is 0 Å². The van der Waals surface area contributed by atoms with Crippen LogP contribution < -0.4 is 11.1 Å². The number of halogens is 1. The van der Waals surface area contributed by atoms with E-state index in [0.29, 0.717) is 18.5 Å². The monoisotopic (exact) mass is 372 g/mol. The Labute approximate surface area is 130 Å². The van der Waals surface area contributed by atoms with Crippen LogP contribution in [0.15, 0.2) is 35.3 Å². The smallest absolute Gasteiger partial charge is 0.188 e. The van der Waals surface area contributed by atoms with E-state index in [1.54, 1.807) is 0 Å². The number of nitrogens with two attached hydrogens (primary N) is 1. The van der Waals surface area contributed by atoms with Crippen LogP contribution >= 0.6 is 24.0 Å². The van der Waals surface area contributed by atoms with E-state index < -0.39 is 0 Å². The summed E-state index contributed by atoms with van der Waals surface area (Å²) in [6, 6.07) is 10.7. The standard InChI is InChI=1S/C14H20N4.HI/c1-10(2)17-14(15)16-8-7-12-9-11-5-3-4-6-13(11)18-12;/h3-6,9-10,18H,7-8H2,1-2H3,(H3,15,16,17);1H. The zero-order chi connectivity index (χ0) is 13.0. The minimum atomic E-state index is 0. The third-order valence-corrected chi connectivity index (χ3v) is 2.69. The number of nitrogens with one attached hydrogen (secondary N) is 2. The molecule has 2 aromatic rings. The van der Waals surface area contributed by atoms with E-state index >= 15 is 0 Å². The van der Waals surface area contributed by atoms with E-state index in [-0.39, 0.29) is 24.0 Å². The molecule has 1 heterocycles. The van der Waals surface area contributed by atoms with Crippen molar-refractivity contribution in [3.63, 3.8) is 0 Å². The second-order valence-corrected chi connectivity index (χ2v) is 4.70. The van der Waals surface area contributed by atoms with Crippen LogP contribution in [0, 0.1) is 0 Å². The third-order valence-electron chi connectivity index (χ3n) is 2.69. The molecule has 19 heavy (non-hydrogen) atoms. The molecule has 5 heteroatoms. The quantitative estimate of drug-likeness (QED) is 0.439. The first kappa shape index (κ1) is 15.8. The molecule has 104 valence electrons. The Morgan fingerprint density at radius 2 is 2.11 bits per heavy atom. The summed E-state index contributed by atoms with van der Waals surface area (Å²) in [5, 5.41) is 4.31. The molecule has 0 aliphatic heterocycles. The number of aliphatic imine (C=N–C) groups is 1. The zero-order valence-electron chi connectivity index (χ0n) is 11.3. The second kappa shape index (κ2) is 7.37. The molecule has 0 aliphatic rings. The van der Waals surface area contributed by atoms with E-state index in [9.17, 15) is 0 Å². The van der Waals surface area contributed by atoms with Gasteiger partial charge in [0.05, 0.1) is 0 Å². The fraction of sp³-hybridized carbons (Fsp3) is 0.357. The Bertz CT molecular complexity index is 512. The third kappa shape index (κ3) is 4.74. The summed E-state index contributed by atoms with van der Waals surface area (Å²) in [6.07, 6.45) is 0.870. The van der Waals surface area contributed by atoms with Crippen molar-refractivity contribution in [2.45, 2.75) is 26.3 Å². The van der Waals surface area contributed by atoms with E-state index in [0.717, 1.165) is 6.42 Å². The van der Waals surface area contributed by atoms with Crippen molar-refractivity contribution in [3.05, 3.63) is 36.0 Å². The number of rotatable bonds is 4. The van der Waals surface area contributed by atoms with Gasteiger partial charge in [-0.05, 0) is 31.4 Å². The lowest BCUT2D eigenvalue weighted by Gasteiger charge is -2.07. The average Bonchev–Trinajstić information content (AvgIpc) is 2.70. The number of fused-ring (bicyclic) bond motifs is 1. The lowest BCUT2D eigenvalue weighted by Crippen LogP contribution is -2.36. The van der Waals surface area contributed by atoms with Crippen molar-refractivity contribution in [2.24, 2.45) is 10.7 Å². The van der Waals surface area contributed by atoms with E-state index in [2.05, 4.69) is 33.5 Å². The molecular weight excluding hydrogens is 351 g/mol. The van der Waals surface area contributed by atoms with Gasteiger partial charge in [0.25, 0.3) is 0 Å². The number of benzene rings is 1. The van der Waals surface area contributed by atoms with Crippen LogP contribution in [0.2, 0.25) is 0 Å². The molecule has 0 radical (unpaired) electrons. The molecule has 0 saturated heterocycles. The van der Waals surface area contributed by atoms with Crippen LogP contribution in [-0.2, 0) is 6.42 Å². The number of hydrogen-bond acceptors (Lipinski definition) is 1. The Hall–Kier alpha value is -1.24. The largest absolute Gasteiger partial charge is 0.370 e. The number of para-hydroxylation sites is 1. The summed E-state index contributed by atoms with van der Waals surface area (Å²) in [5.41, 5.74) is 8.11. The Balaban J connectivity index is 0.00000180. The highest BCUT2D eigenvalue weighted by Gasteiger charge is 2.00. The minimum absolute atomic E-state index is 0. The van der Waals surface area contributed by atoms with Crippen molar-refractivity contribution in [2.75, 3.05) is 6.54 Å². The molecule has 4 N–H and O–H groups in total.